The van der Waals surface area contributed by atoms with Crippen LogP contribution in [0, 0.1) is 5.41 Å². The van der Waals surface area contributed by atoms with Gasteiger partial charge >= 0.3 is 5.97 Å². The number of ether oxygens (including phenoxy) is 1. The molecule has 96 valence electrons. The Hall–Kier alpha value is -0.570. The predicted molar refractivity (Wildman–Crippen MR) is 67.1 cm³/mol. The van der Waals surface area contributed by atoms with Crippen LogP contribution >= 0.6 is 0 Å². The van der Waals surface area contributed by atoms with Crippen LogP contribution in [0.25, 0.3) is 0 Å². The van der Waals surface area contributed by atoms with Crippen LogP contribution in [0.2, 0.25) is 0 Å². The maximum absolute atomic E-state index is 11.5. The van der Waals surface area contributed by atoms with Gasteiger partial charge in [0, 0.05) is 5.54 Å². The third kappa shape index (κ3) is 3.78. The molecule has 2 N–H and O–H groups in total. The van der Waals surface area contributed by atoms with Crippen molar-refractivity contribution in [1.82, 2.24) is 0 Å². The highest BCUT2D eigenvalue weighted by atomic mass is 16.5. The molecule has 0 aromatic carbocycles. The highest BCUT2D eigenvalue weighted by molar-refractivity contribution is 5.70. The van der Waals surface area contributed by atoms with Gasteiger partial charge in [0.1, 0.15) is 0 Å². The summed E-state index contributed by atoms with van der Waals surface area (Å²) < 4.78 is 4.80. The SMILES string of the molecule is CCCC(CCC)(CC(=O)OC)C(C)(C)N. The number of carbonyl (C=O) groups is 1. The van der Waals surface area contributed by atoms with Crippen molar-refractivity contribution in [1.29, 1.82) is 0 Å². The van der Waals surface area contributed by atoms with Crippen LogP contribution in [0.1, 0.15) is 59.8 Å². The molecule has 0 aromatic rings. The van der Waals surface area contributed by atoms with Gasteiger partial charge in [-0.05, 0) is 32.1 Å². The van der Waals surface area contributed by atoms with Crippen molar-refractivity contribution in [3.63, 3.8) is 0 Å². The molecule has 0 aliphatic heterocycles. The highest BCUT2D eigenvalue weighted by Crippen LogP contribution is 2.42. The number of carbonyl (C=O) groups excluding carboxylic acids is 1. The van der Waals surface area contributed by atoms with E-state index in [0.29, 0.717) is 6.42 Å². The van der Waals surface area contributed by atoms with Crippen molar-refractivity contribution in [2.24, 2.45) is 11.1 Å². The molecule has 0 fully saturated rings. The molecule has 3 nitrogen and oxygen atoms in total. The van der Waals surface area contributed by atoms with Crippen LogP contribution in [0.15, 0.2) is 0 Å². The maximum Gasteiger partial charge on any atom is 0.306 e. The van der Waals surface area contributed by atoms with Crippen molar-refractivity contribution < 1.29 is 9.53 Å². The smallest absolute Gasteiger partial charge is 0.306 e. The van der Waals surface area contributed by atoms with Crippen LogP contribution in [0.3, 0.4) is 0 Å². The van der Waals surface area contributed by atoms with Crippen molar-refractivity contribution in [2.75, 3.05) is 7.11 Å². The zero-order valence-electron chi connectivity index (χ0n) is 11.4. The van der Waals surface area contributed by atoms with Crippen molar-refractivity contribution >= 4 is 5.97 Å². The fourth-order valence-electron chi connectivity index (χ4n) is 2.48. The van der Waals surface area contributed by atoms with E-state index in [4.69, 9.17) is 10.5 Å². The Balaban J connectivity index is 5.00. The van der Waals surface area contributed by atoms with Gasteiger partial charge in [-0.25, -0.2) is 0 Å². The topological polar surface area (TPSA) is 52.3 Å². The van der Waals surface area contributed by atoms with Gasteiger partial charge in [0.2, 0.25) is 0 Å². The summed E-state index contributed by atoms with van der Waals surface area (Å²) in [5.74, 6) is -0.152. The van der Waals surface area contributed by atoms with Gasteiger partial charge in [0.15, 0.2) is 0 Å². The largest absolute Gasteiger partial charge is 0.469 e. The van der Waals surface area contributed by atoms with Crippen LogP contribution < -0.4 is 5.73 Å². The van der Waals surface area contributed by atoms with Gasteiger partial charge in [-0.3, -0.25) is 4.79 Å². The average Bonchev–Trinajstić information content (AvgIpc) is 2.16. The van der Waals surface area contributed by atoms with Crippen LogP contribution in [0.4, 0.5) is 0 Å². The van der Waals surface area contributed by atoms with Crippen LogP contribution in [0.5, 0.6) is 0 Å². The summed E-state index contributed by atoms with van der Waals surface area (Å²) in [7, 11) is 1.44. The number of nitrogens with two attached hydrogens (primary N) is 1. The first-order valence-corrected chi connectivity index (χ1v) is 6.18. The maximum atomic E-state index is 11.5. The lowest BCUT2D eigenvalue weighted by molar-refractivity contribution is -0.145. The third-order valence-corrected chi connectivity index (χ3v) is 3.53. The Morgan fingerprint density at radius 3 is 1.88 bits per heavy atom. The molecule has 16 heavy (non-hydrogen) atoms. The molecule has 0 aromatic heterocycles. The number of hydrogen-bond acceptors (Lipinski definition) is 3. The Bertz CT molecular complexity index is 212. The van der Waals surface area contributed by atoms with E-state index in [1.165, 1.54) is 7.11 Å². The zero-order valence-corrected chi connectivity index (χ0v) is 11.4. The van der Waals surface area contributed by atoms with Crippen molar-refractivity contribution in [3.8, 4) is 0 Å². The molecule has 0 bridgehead atoms. The molecule has 0 unspecified atom stereocenters. The van der Waals surface area contributed by atoms with Gasteiger partial charge in [0.05, 0.1) is 13.5 Å². The number of methoxy groups -OCH3 is 1. The molecule has 0 aliphatic rings. The van der Waals surface area contributed by atoms with E-state index in [2.05, 4.69) is 13.8 Å². The molecule has 0 saturated heterocycles. The number of rotatable bonds is 7. The fourth-order valence-corrected chi connectivity index (χ4v) is 2.48. The molecule has 3 heteroatoms. The zero-order chi connectivity index (χ0) is 12.8. The summed E-state index contributed by atoms with van der Waals surface area (Å²) >= 11 is 0. The second-order valence-electron chi connectivity index (χ2n) is 5.25. The first kappa shape index (κ1) is 15.4. The molecule has 0 heterocycles. The van der Waals surface area contributed by atoms with E-state index in [1.807, 2.05) is 13.8 Å². The van der Waals surface area contributed by atoms with E-state index >= 15 is 0 Å². The lowest BCUT2D eigenvalue weighted by Crippen LogP contribution is -2.52. The molecular weight excluding hydrogens is 202 g/mol. The molecule has 0 amide bonds. The Morgan fingerprint density at radius 2 is 1.62 bits per heavy atom. The molecule has 0 aliphatic carbocycles. The summed E-state index contributed by atoms with van der Waals surface area (Å²) in [5, 5.41) is 0. The minimum absolute atomic E-state index is 0.135. The van der Waals surface area contributed by atoms with E-state index in [9.17, 15) is 4.79 Å². The van der Waals surface area contributed by atoms with E-state index in [0.717, 1.165) is 25.7 Å². The quantitative estimate of drug-likeness (QED) is 0.683. The predicted octanol–water partition coefficient (Wildman–Crippen LogP) is 2.87. The van der Waals surface area contributed by atoms with Gasteiger partial charge in [0.25, 0.3) is 0 Å². The average molecular weight is 229 g/mol. The lowest BCUT2D eigenvalue weighted by atomic mass is 9.64. The summed E-state index contributed by atoms with van der Waals surface area (Å²) in [6.07, 6.45) is 4.45. The van der Waals surface area contributed by atoms with E-state index in [1.54, 1.807) is 0 Å². The molecule has 0 spiro atoms. The van der Waals surface area contributed by atoms with Gasteiger partial charge in [-0.15, -0.1) is 0 Å². The number of esters is 1. The second kappa shape index (κ2) is 6.24. The van der Waals surface area contributed by atoms with Gasteiger partial charge in [-0.2, -0.15) is 0 Å². The first-order chi connectivity index (χ1) is 7.33. The van der Waals surface area contributed by atoms with Crippen LogP contribution in [-0.2, 0) is 9.53 Å². The molecular formula is C13H27NO2. The van der Waals surface area contributed by atoms with E-state index in [-0.39, 0.29) is 16.9 Å². The minimum atomic E-state index is -0.354. The summed E-state index contributed by atoms with van der Waals surface area (Å²) in [4.78, 5) is 11.5. The standard InChI is InChI=1S/C13H27NO2/c1-6-8-13(9-7-2,12(3,4)14)10-11(15)16-5/h6-10,14H2,1-5H3. The van der Waals surface area contributed by atoms with Gasteiger partial charge < -0.3 is 10.5 Å². The first-order valence-electron chi connectivity index (χ1n) is 6.18. The summed E-state index contributed by atoms with van der Waals surface area (Å²) in [6, 6.07) is 0. The highest BCUT2D eigenvalue weighted by Gasteiger charge is 2.42. The van der Waals surface area contributed by atoms with Crippen molar-refractivity contribution in [2.45, 2.75) is 65.3 Å². The van der Waals surface area contributed by atoms with Gasteiger partial charge in [-0.1, -0.05) is 26.7 Å². The monoisotopic (exact) mass is 229 g/mol. The minimum Gasteiger partial charge on any atom is -0.469 e. The Labute approximate surface area is 99.7 Å². The van der Waals surface area contributed by atoms with Crippen LogP contribution in [-0.4, -0.2) is 18.6 Å². The lowest BCUT2D eigenvalue weighted by Gasteiger charge is -2.44. The summed E-state index contributed by atoms with van der Waals surface area (Å²) in [6.45, 7) is 8.30. The van der Waals surface area contributed by atoms with E-state index < -0.39 is 0 Å². The molecule has 0 radical (unpaired) electrons. The fraction of sp³-hybridized carbons (Fsp3) is 0.923. The Morgan fingerprint density at radius 1 is 1.19 bits per heavy atom. The normalized spacial score (nSPS) is 12.6. The molecule has 0 rings (SSSR count). The Kier molecular flexibility index (Phi) is 6.01. The third-order valence-electron chi connectivity index (χ3n) is 3.53. The molecule has 0 atom stereocenters. The number of hydrogen-bond donors (Lipinski definition) is 1. The second-order valence-corrected chi connectivity index (χ2v) is 5.25. The molecule has 0 saturated carbocycles. The summed E-state index contributed by atoms with van der Waals surface area (Å²) in [5.41, 5.74) is 5.79. The van der Waals surface area contributed by atoms with Crippen molar-refractivity contribution in [3.05, 3.63) is 0 Å².